The number of esters is 1. The van der Waals surface area contributed by atoms with Crippen LogP contribution >= 0.6 is 23.1 Å². The molecule has 3 aliphatic heterocycles. The van der Waals surface area contributed by atoms with Crippen molar-refractivity contribution in [3.63, 3.8) is 0 Å². The molecule has 2 fully saturated rings. The van der Waals surface area contributed by atoms with E-state index >= 15 is 0 Å². The van der Waals surface area contributed by atoms with Crippen LogP contribution in [0.5, 0.6) is 0 Å². The van der Waals surface area contributed by atoms with Gasteiger partial charge in [-0.25, -0.2) is 9.59 Å². The molecule has 2 saturated heterocycles. The van der Waals surface area contributed by atoms with Gasteiger partial charge in [-0.3, -0.25) is 24.6 Å². The summed E-state index contributed by atoms with van der Waals surface area (Å²) in [6.07, 6.45) is 4.21. The lowest BCUT2D eigenvalue weighted by atomic mass is 10.00. The summed E-state index contributed by atoms with van der Waals surface area (Å²) in [7, 11) is 0. The van der Waals surface area contributed by atoms with E-state index in [9.17, 15) is 24.0 Å². The Hall–Kier alpha value is -5.39. The van der Waals surface area contributed by atoms with E-state index in [1.165, 1.54) is 28.0 Å². The van der Waals surface area contributed by atoms with Crippen molar-refractivity contribution < 1.29 is 55.0 Å². The van der Waals surface area contributed by atoms with Gasteiger partial charge in [-0.1, -0.05) is 72.0 Å². The molecule has 4 aromatic rings. The minimum absolute atomic E-state index is 0. The Morgan fingerprint density at radius 1 is 1.00 bits per heavy atom. The molecule has 0 aliphatic carbocycles. The third-order valence-electron chi connectivity index (χ3n) is 9.25. The Kier molecular flexibility index (Phi) is 13.1. The van der Waals surface area contributed by atoms with Crippen LogP contribution in [0, 0.1) is 6.92 Å². The lowest BCUT2D eigenvalue weighted by Crippen LogP contribution is -3.00. The maximum atomic E-state index is 14.4. The number of β-lactam (4-membered cyclic amide) rings is 1. The number of aryl methyl sites for hydroxylation is 1. The lowest BCUT2D eigenvalue weighted by molar-refractivity contribution is -0.684. The number of nitrogens with one attached hydrogen (secondary N) is 2. The van der Waals surface area contributed by atoms with Gasteiger partial charge in [0.15, 0.2) is 18.5 Å². The third-order valence-corrected chi connectivity index (χ3v) is 11.3. The molecule has 58 heavy (non-hydrogen) atoms. The van der Waals surface area contributed by atoms with Crippen LogP contribution in [-0.4, -0.2) is 79.1 Å². The number of hydrogen-bond acceptors (Lipinski definition) is 11. The molecule has 302 valence electrons. The van der Waals surface area contributed by atoms with Crippen molar-refractivity contribution in [2.24, 2.45) is 0 Å². The highest BCUT2D eigenvalue weighted by Crippen LogP contribution is 2.43. The molecule has 14 nitrogen and oxygen atoms in total. The number of nitrogens with zero attached hydrogens (tertiary/aromatic N) is 5. The maximum absolute atomic E-state index is 14.4. The number of halogens is 1. The Labute approximate surface area is 354 Å². The number of alkyl carbamates (subject to hydrolysis) is 1. The SMILES string of the molecule is Cc1nnc(NC(=O)C[n+]2cccc(CN3CC/C(=C\C4=C(C(=O)OC(c5ccccc5)c5ccccc5)N5C(=O)[C@@H](NC(=O)OC(C)(C)C)[C@H]5SC4)C3=O)c2)s1.[Br-]. The second kappa shape index (κ2) is 18.0. The van der Waals surface area contributed by atoms with Gasteiger partial charge in [-0.15, -0.1) is 22.0 Å². The number of benzene rings is 2. The first-order valence-corrected chi connectivity index (χ1v) is 20.3. The van der Waals surface area contributed by atoms with Crippen molar-refractivity contribution in [1.82, 2.24) is 25.3 Å². The van der Waals surface area contributed by atoms with Gasteiger partial charge in [0.05, 0.1) is 6.54 Å². The zero-order valence-corrected chi connectivity index (χ0v) is 35.4. The number of rotatable bonds is 11. The van der Waals surface area contributed by atoms with E-state index in [0.29, 0.717) is 35.8 Å². The van der Waals surface area contributed by atoms with Gasteiger partial charge < -0.3 is 36.7 Å². The fourth-order valence-electron chi connectivity index (χ4n) is 6.75. The van der Waals surface area contributed by atoms with Gasteiger partial charge in [0.25, 0.3) is 11.8 Å². The Morgan fingerprint density at radius 2 is 1.69 bits per heavy atom. The van der Waals surface area contributed by atoms with Gasteiger partial charge in [-0.05, 0) is 63.0 Å². The summed E-state index contributed by atoms with van der Waals surface area (Å²) in [4.78, 5) is 70.5. The second-order valence-electron chi connectivity index (χ2n) is 14.7. The van der Waals surface area contributed by atoms with E-state index in [0.717, 1.165) is 21.7 Å². The van der Waals surface area contributed by atoms with Gasteiger partial charge in [0.2, 0.25) is 17.6 Å². The number of ether oxygens (including phenoxy) is 2. The Bertz CT molecular complexity index is 2220. The van der Waals surface area contributed by atoms with Crippen molar-refractivity contribution in [2.45, 2.75) is 70.3 Å². The summed E-state index contributed by atoms with van der Waals surface area (Å²) in [5.74, 6) is -1.39. The summed E-state index contributed by atoms with van der Waals surface area (Å²) in [5.41, 5.74) is 2.55. The number of amides is 4. The number of aromatic nitrogens is 3. The minimum Gasteiger partial charge on any atom is -1.00 e. The van der Waals surface area contributed by atoms with Crippen LogP contribution in [0.4, 0.5) is 9.93 Å². The smallest absolute Gasteiger partial charge is 0.408 e. The summed E-state index contributed by atoms with van der Waals surface area (Å²) in [6, 6.07) is 21.5. The third kappa shape index (κ3) is 9.82. The van der Waals surface area contributed by atoms with Gasteiger partial charge in [-0.2, -0.15) is 4.57 Å². The van der Waals surface area contributed by atoms with Crippen molar-refractivity contribution in [3.05, 3.63) is 130 Å². The molecule has 17 heteroatoms. The van der Waals surface area contributed by atoms with Crippen LogP contribution in [0.15, 0.2) is 108 Å². The summed E-state index contributed by atoms with van der Waals surface area (Å²) in [6.45, 7) is 7.80. The summed E-state index contributed by atoms with van der Waals surface area (Å²) < 4.78 is 13.4. The normalized spacial score (nSPS) is 18.4. The monoisotopic (exact) mass is 887 g/mol. The molecule has 4 amide bonds. The zero-order valence-electron chi connectivity index (χ0n) is 32.2. The highest BCUT2D eigenvalue weighted by atomic mass is 79.9. The first kappa shape index (κ1) is 42.2. The average molecular weight is 889 g/mol. The molecule has 2 aromatic heterocycles. The number of anilines is 1. The Morgan fingerprint density at radius 3 is 2.33 bits per heavy atom. The second-order valence-corrected chi connectivity index (χ2v) is 17.0. The fraction of sp³-hybridized carbons (Fsp3) is 0.317. The van der Waals surface area contributed by atoms with Crippen molar-refractivity contribution in [3.8, 4) is 0 Å². The highest BCUT2D eigenvalue weighted by molar-refractivity contribution is 8.00. The number of fused-ring (bicyclic) bond motifs is 1. The summed E-state index contributed by atoms with van der Waals surface area (Å²) in [5, 5.41) is 13.9. The van der Waals surface area contributed by atoms with E-state index < -0.39 is 41.1 Å². The summed E-state index contributed by atoms with van der Waals surface area (Å²) >= 11 is 2.67. The van der Waals surface area contributed by atoms with Gasteiger partial charge in [0, 0.05) is 29.5 Å². The molecule has 2 atom stereocenters. The predicted molar refractivity (Wildman–Crippen MR) is 212 cm³/mol. The van der Waals surface area contributed by atoms with Crippen molar-refractivity contribution in [2.75, 3.05) is 17.6 Å². The largest absolute Gasteiger partial charge is 1.00 e. The Balaban J connectivity index is 0.00000567. The van der Waals surface area contributed by atoms with Crippen LogP contribution in [0.2, 0.25) is 0 Å². The van der Waals surface area contributed by atoms with E-state index in [1.54, 1.807) is 42.5 Å². The van der Waals surface area contributed by atoms with Crippen LogP contribution in [0.1, 0.15) is 55.0 Å². The van der Waals surface area contributed by atoms with Gasteiger partial charge >= 0.3 is 12.1 Å². The van der Waals surface area contributed by atoms with E-state index in [-0.39, 0.29) is 46.8 Å². The van der Waals surface area contributed by atoms with Crippen LogP contribution < -0.4 is 32.2 Å². The molecule has 0 saturated carbocycles. The number of thioether (sulfide) groups is 1. The molecular weight excluding hydrogens is 847 g/mol. The lowest BCUT2D eigenvalue weighted by Gasteiger charge is -2.49. The number of carbonyl (C=O) groups is 5. The molecule has 2 N–H and O–H groups in total. The first-order chi connectivity index (χ1) is 27.3. The molecule has 5 heterocycles. The quantitative estimate of drug-likeness (QED) is 0.0984. The molecule has 0 radical (unpaired) electrons. The van der Waals surface area contributed by atoms with Crippen molar-refractivity contribution in [1.29, 1.82) is 0 Å². The number of carbonyl (C=O) groups excluding carboxylic acids is 5. The van der Waals surface area contributed by atoms with Crippen LogP contribution in [0.3, 0.4) is 0 Å². The number of likely N-dealkylation sites (tertiary alicyclic amines) is 1. The number of allylic oxidation sites excluding steroid dienone is 1. The van der Waals surface area contributed by atoms with Crippen LogP contribution in [0.25, 0.3) is 0 Å². The maximum Gasteiger partial charge on any atom is 0.408 e. The molecule has 0 spiro atoms. The standard InChI is InChI=1S/C41H41N7O7S2.BrH/c1-25-44-45-39(57-25)42-31(49)23-46-18-11-12-26(21-46)22-47-19-17-29(35(47)50)20-30-24-56-37-32(43-40(53)55-41(2,3)4)36(51)48(37)33(30)38(52)54-34(27-13-7-5-8-14-27)28-15-9-6-10-16-28;/h5-16,18,20-21,32,34,37H,17,19,22-24H2,1-4H3,(H-,42,43,45,49,53);1H/b29-20+;/t32-,37-;/m1./s1. The molecule has 0 unspecified atom stereocenters. The predicted octanol–water partition coefficient (Wildman–Crippen LogP) is 1.83. The van der Waals surface area contributed by atoms with Crippen LogP contribution in [-0.2, 0) is 41.7 Å². The fourth-order valence-corrected chi connectivity index (χ4v) is 8.66. The number of hydrogen-bond donors (Lipinski definition) is 2. The molecule has 0 bridgehead atoms. The van der Waals surface area contributed by atoms with E-state index in [4.69, 9.17) is 9.47 Å². The van der Waals surface area contributed by atoms with E-state index in [2.05, 4.69) is 20.8 Å². The van der Waals surface area contributed by atoms with Crippen molar-refractivity contribution >= 4 is 58.0 Å². The molecule has 3 aliphatic rings. The first-order valence-electron chi connectivity index (χ1n) is 18.4. The molecule has 7 rings (SSSR count). The van der Waals surface area contributed by atoms with Gasteiger partial charge in [0.1, 0.15) is 27.7 Å². The van der Waals surface area contributed by atoms with E-state index in [1.807, 2.05) is 85.9 Å². The molecule has 2 aromatic carbocycles. The minimum atomic E-state index is -0.919. The average Bonchev–Trinajstić information content (AvgIpc) is 3.75. The topological polar surface area (TPSA) is 164 Å². The molecular formula is C41H42BrN7O7S2. The zero-order chi connectivity index (χ0) is 40.3. The highest BCUT2D eigenvalue weighted by Gasteiger charge is 2.55. The number of pyridine rings is 1.